The standard InChI is InChI=1S/C19H19ClN4OS/c1-13-6-4-5-7-16(13)24-18(14-8-10-15(20)11-9-14)21-22-19(24)26-12-17(25)23(2)3/h4-11H,12H2,1-3H3. The topological polar surface area (TPSA) is 51.0 Å². The zero-order chi connectivity index (χ0) is 18.7. The maximum atomic E-state index is 12.0. The Balaban J connectivity index is 2.07. The van der Waals surface area contributed by atoms with Gasteiger partial charge >= 0.3 is 0 Å². The largest absolute Gasteiger partial charge is 0.348 e. The number of rotatable bonds is 5. The Labute approximate surface area is 162 Å². The summed E-state index contributed by atoms with van der Waals surface area (Å²) in [6.07, 6.45) is 0. The van der Waals surface area contributed by atoms with E-state index in [0.717, 1.165) is 22.6 Å². The van der Waals surface area contributed by atoms with Gasteiger partial charge in [0.1, 0.15) is 0 Å². The lowest BCUT2D eigenvalue weighted by atomic mass is 10.1. The Morgan fingerprint density at radius 2 is 1.81 bits per heavy atom. The molecule has 26 heavy (non-hydrogen) atoms. The van der Waals surface area contributed by atoms with Gasteiger partial charge in [-0.25, -0.2) is 0 Å². The lowest BCUT2D eigenvalue weighted by molar-refractivity contribution is -0.125. The molecule has 1 aromatic heterocycles. The average molecular weight is 387 g/mol. The molecular formula is C19H19ClN4OS. The number of hydrogen-bond donors (Lipinski definition) is 0. The van der Waals surface area contributed by atoms with Crippen LogP contribution in [0, 0.1) is 6.92 Å². The summed E-state index contributed by atoms with van der Waals surface area (Å²) in [4.78, 5) is 13.5. The molecule has 0 radical (unpaired) electrons. The summed E-state index contributed by atoms with van der Waals surface area (Å²) < 4.78 is 1.99. The molecule has 5 nitrogen and oxygen atoms in total. The van der Waals surface area contributed by atoms with Gasteiger partial charge in [0.05, 0.1) is 11.4 Å². The number of para-hydroxylation sites is 1. The van der Waals surface area contributed by atoms with E-state index in [0.29, 0.717) is 15.9 Å². The van der Waals surface area contributed by atoms with Crippen LogP contribution in [-0.2, 0) is 4.79 Å². The first-order chi connectivity index (χ1) is 12.5. The minimum atomic E-state index is 0.0300. The molecule has 2 aromatic carbocycles. The van der Waals surface area contributed by atoms with Crippen molar-refractivity contribution < 1.29 is 4.79 Å². The molecule has 0 spiro atoms. The van der Waals surface area contributed by atoms with Gasteiger partial charge in [-0.2, -0.15) is 0 Å². The number of nitrogens with zero attached hydrogens (tertiary/aromatic N) is 4. The number of carbonyl (C=O) groups excluding carboxylic acids is 1. The van der Waals surface area contributed by atoms with E-state index in [2.05, 4.69) is 10.2 Å². The SMILES string of the molecule is Cc1ccccc1-n1c(SCC(=O)N(C)C)nnc1-c1ccc(Cl)cc1. The van der Waals surface area contributed by atoms with Crippen molar-refractivity contribution in [1.29, 1.82) is 0 Å². The number of aromatic nitrogens is 3. The highest BCUT2D eigenvalue weighted by molar-refractivity contribution is 7.99. The zero-order valence-electron chi connectivity index (χ0n) is 14.8. The van der Waals surface area contributed by atoms with E-state index < -0.39 is 0 Å². The number of benzene rings is 2. The van der Waals surface area contributed by atoms with Crippen LogP contribution in [0.25, 0.3) is 17.1 Å². The second-order valence-electron chi connectivity index (χ2n) is 6.01. The van der Waals surface area contributed by atoms with Gasteiger partial charge in [-0.15, -0.1) is 10.2 Å². The number of amides is 1. The molecule has 3 aromatic rings. The molecule has 0 saturated heterocycles. The lowest BCUT2D eigenvalue weighted by Gasteiger charge is -2.14. The molecule has 1 amide bonds. The zero-order valence-corrected chi connectivity index (χ0v) is 16.4. The quantitative estimate of drug-likeness (QED) is 0.620. The van der Waals surface area contributed by atoms with E-state index in [-0.39, 0.29) is 5.91 Å². The molecule has 1 heterocycles. The second-order valence-corrected chi connectivity index (χ2v) is 7.39. The van der Waals surface area contributed by atoms with Crippen molar-refractivity contribution in [1.82, 2.24) is 19.7 Å². The maximum Gasteiger partial charge on any atom is 0.232 e. The molecule has 0 N–H and O–H groups in total. The predicted molar refractivity (Wildman–Crippen MR) is 106 cm³/mol. The fourth-order valence-corrected chi connectivity index (χ4v) is 3.49. The van der Waals surface area contributed by atoms with Crippen molar-refractivity contribution in [3.8, 4) is 17.1 Å². The fourth-order valence-electron chi connectivity index (χ4n) is 2.44. The van der Waals surface area contributed by atoms with Gasteiger partial charge in [-0.3, -0.25) is 9.36 Å². The van der Waals surface area contributed by atoms with Gasteiger partial charge in [-0.05, 0) is 42.8 Å². The van der Waals surface area contributed by atoms with Crippen molar-refractivity contribution in [2.45, 2.75) is 12.1 Å². The molecule has 0 aliphatic carbocycles. The monoisotopic (exact) mass is 386 g/mol. The van der Waals surface area contributed by atoms with E-state index in [9.17, 15) is 4.79 Å². The Bertz CT molecular complexity index is 922. The summed E-state index contributed by atoms with van der Waals surface area (Å²) in [5, 5.41) is 10.1. The molecule has 0 unspecified atom stereocenters. The molecule has 134 valence electrons. The van der Waals surface area contributed by atoms with Crippen molar-refractivity contribution >= 4 is 29.3 Å². The molecule has 0 bridgehead atoms. The number of carbonyl (C=O) groups is 1. The maximum absolute atomic E-state index is 12.0. The first-order valence-electron chi connectivity index (χ1n) is 8.07. The summed E-state index contributed by atoms with van der Waals surface area (Å²) in [7, 11) is 3.49. The number of halogens is 1. The predicted octanol–water partition coefficient (Wildman–Crippen LogP) is 4.08. The van der Waals surface area contributed by atoms with Gasteiger partial charge in [0, 0.05) is 24.7 Å². The van der Waals surface area contributed by atoms with E-state index in [1.807, 2.05) is 60.0 Å². The van der Waals surface area contributed by atoms with Crippen LogP contribution in [0.5, 0.6) is 0 Å². The van der Waals surface area contributed by atoms with Gasteiger partial charge in [0.2, 0.25) is 5.91 Å². The molecule has 7 heteroatoms. The fraction of sp³-hybridized carbons (Fsp3) is 0.211. The van der Waals surface area contributed by atoms with Gasteiger partial charge in [-0.1, -0.05) is 41.6 Å². The van der Waals surface area contributed by atoms with Crippen LogP contribution in [0.3, 0.4) is 0 Å². The van der Waals surface area contributed by atoms with Crippen LogP contribution in [0.4, 0.5) is 0 Å². The van der Waals surface area contributed by atoms with Crippen molar-refractivity contribution in [3.05, 3.63) is 59.1 Å². The third-order valence-electron chi connectivity index (χ3n) is 3.92. The molecule has 0 aliphatic heterocycles. The first-order valence-corrected chi connectivity index (χ1v) is 9.44. The Morgan fingerprint density at radius 3 is 2.46 bits per heavy atom. The molecule has 3 rings (SSSR count). The average Bonchev–Trinajstić information content (AvgIpc) is 3.04. The van der Waals surface area contributed by atoms with Crippen LogP contribution in [0.2, 0.25) is 5.02 Å². The molecular weight excluding hydrogens is 368 g/mol. The summed E-state index contributed by atoms with van der Waals surface area (Å²) >= 11 is 7.39. The van der Waals surface area contributed by atoms with Crippen LogP contribution in [0.1, 0.15) is 5.56 Å². The smallest absolute Gasteiger partial charge is 0.232 e. The number of thioether (sulfide) groups is 1. The van der Waals surface area contributed by atoms with Crippen LogP contribution in [-0.4, -0.2) is 45.4 Å². The second kappa shape index (κ2) is 7.93. The number of hydrogen-bond acceptors (Lipinski definition) is 4. The van der Waals surface area contributed by atoms with Crippen molar-refractivity contribution in [3.63, 3.8) is 0 Å². The molecule has 0 aliphatic rings. The van der Waals surface area contributed by atoms with Gasteiger partial charge < -0.3 is 4.90 Å². The summed E-state index contributed by atoms with van der Waals surface area (Å²) in [6.45, 7) is 2.04. The van der Waals surface area contributed by atoms with E-state index in [1.165, 1.54) is 11.8 Å². The third-order valence-corrected chi connectivity index (χ3v) is 5.08. The summed E-state index contributed by atoms with van der Waals surface area (Å²) in [5.74, 6) is 1.05. The highest BCUT2D eigenvalue weighted by atomic mass is 35.5. The lowest BCUT2D eigenvalue weighted by Crippen LogP contribution is -2.23. The Kier molecular flexibility index (Phi) is 5.64. The van der Waals surface area contributed by atoms with E-state index in [4.69, 9.17) is 11.6 Å². The number of aryl methyl sites for hydroxylation is 1. The van der Waals surface area contributed by atoms with Crippen LogP contribution >= 0.6 is 23.4 Å². The van der Waals surface area contributed by atoms with Crippen LogP contribution in [0.15, 0.2) is 53.7 Å². The van der Waals surface area contributed by atoms with Gasteiger partial charge in [0.15, 0.2) is 11.0 Å². The van der Waals surface area contributed by atoms with E-state index >= 15 is 0 Å². The molecule has 0 atom stereocenters. The minimum absolute atomic E-state index is 0.0300. The van der Waals surface area contributed by atoms with Crippen molar-refractivity contribution in [2.24, 2.45) is 0 Å². The van der Waals surface area contributed by atoms with Crippen LogP contribution < -0.4 is 0 Å². The Morgan fingerprint density at radius 1 is 1.12 bits per heavy atom. The first kappa shape index (κ1) is 18.5. The third kappa shape index (κ3) is 3.92. The minimum Gasteiger partial charge on any atom is -0.348 e. The molecule has 0 saturated carbocycles. The Hall–Kier alpha value is -2.31. The van der Waals surface area contributed by atoms with E-state index in [1.54, 1.807) is 19.0 Å². The normalized spacial score (nSPS) is 10.8. The highest BCUT2D eigenvalue weighted by Crippen LogP contribution is 2.30. The van der Waals surface area contributed by atoms with Gasteiger partial charge in [0.25, 0.3) is 0 Å². The van der Waals surface area contributed by atoms with Crippen molar-refractivity contribution in [2.75, 3.05) is 19.8 Å². The summed E-state index contributed by atoms with van der Waals surface area (Å²) in [6, 6.07) is 15.5. The highest BCUT2D eigenvalue weighted by Gasteiger charge is 2.18. The summed E-state index contributed by atoms with van der Waals surface area (Å²) in [5.41, 5.74) is 3.00. The molecule has 0 fully saturated rings.